The highest BCUT2D eigenvalue weighted by Gasteiger charge is 2.34. The predicted octanol–water partition coefficient (Wildman–Crippen LogP) is 3.69. The van der Waals surface area contributed by atoms with Gasteiger partial charge in [-0.05, 0) is 42.9 Å². The van der Waals surface area contributed by atoms with Crippen molar-refractivity contribution in [2.45, 2.75) is 32.6 Å². The van der Waals surface area contributed by atoms with Crippen LogP contribution in [0.2, 0.25) is 0 Å². The van der Waals surface area contributed by atoms with Gasteiger partial charge in [0.1, 0.15) is 5.82 Å². The summed E-state index contributed by atoms with van der Waals surface area (Å²) in [6.07, 6.45) is 4.94. The van der Waals surface area contributed by atoms with E-state index < -0.39 is 0 Å². The van der Waals surface area contributed by atoms with Gasteiger partial charge in [0.2, 0.25) is 0 Å². The van der Waals surface area contributed by atoms with E-state index in [2.05, 4.69) is 12.2 Å². The Morgan fingerprint density at radius 2 is 2.18 bits per heavy atom. The van der Waals surface area contributed by atoms with Gasteiger partial charge in [0.15, 0.2) is 0 Å². The Labute approximate surface area is 101 Å². The van der Waals surface area contributed by atoms with Crippen LogP contribution in [0.4, 0.5) is 10.1 Å². The molecule has 2 rings (SSSR count). The van der Waals surface area contributed by atoms with Gasteiger partial charge in [0.05, 0.1) is 11.6 Å². The number of hydrogen-bond acceptors (Lipinski definition) is 2. The molecule has 0 radical (unpaired) electrons. The SMILES string of the molecule is CCC1(CNc2cc(F)cc(C#N)c2)CCC1. The number of rotatable bonds is 4. The highest BCUT2D eigenvalue weighted by Crippen LogP contribution is 2.43. The average molecular weight is 232 g/mol. The van der Waals surface area contributed by atoms with Crippen LogP contribution in [0.25, 0.3) is 0 Å². The third kappa shape index (κ3) is 2.58. The van der Waals surface area contributed by atoms with Crippen LogP contribution in [0, 0.1) is 22.6 Å². The summed E-state index contributed by atoms with van der Waals surface area (Å²) >= 11 is 0. The summed E-state index contributed by atoms with van der Waals surface area (Å²) in [6, 6.07) is 6.37. The van der Waals surface area contributed by atoms with Gasteiger partial charge < -0.3 is 5.32 Å². The van der Waals surface area contributed by atoms with Gasteiger partial charge in [-0.15, -0.1) is 0 Å². The molecule has 1 fully saturated rings. The van der Waals surface area contributed by atoms with Crippen molar-refractivity contribution in [2.24, 2.45) is 5.41 Å². The lowest BCUT2D eigenvalue weighted by Gasteiger charge is -2.41. The van der Waals surface area contributed by atoms with Gasteiger partial charge in [0, 0.05) is 12.2 Å². The zero-order chi connectivity index (χ0) is 12.3. The lowest BCUT2D eigenvalue weighted by molar-refractivity contribution is 0.145. The Bertz CT molecular complexity index is 439. The Kier molecular flexibility index (Phi) is 3.33. The van der Waals surface area contributed by atoms with Gasteiger partial charge in [-0.25, -0.2) is 4.39 Å². The monoisotopic (exact) mass is 232 g/mol. The molecule has 1 N–H and O–H groups in total. The van der Waals surface area contributed by atoms with Crippen LogP contribution in [-0.2, 0) is 0 Å². The third-order valence-corrected chi connectivity index (χ3v) is 3.86. The van der Waals surface area contributed by atoms with Crippen molar-refractivity contribution in [3.8, 4) is 6.07 Å². The van der Waals surface area contributed by atoms with E-state index >= 15 is 0 Å². The summed E-state index contributed by atoms with van der Waals surface area (Å²) in [5.41, 5.74) is 1.46. The number of hydrogen-bond donors (Lipinski definition) is 1. The summed E-state index contributed by atoms with van der Waals surface area (Å²) in [5, 5.41) is 12.0. The lowest BCUT2D eigenvalue weighted by Crippen LogP contribution is -2.35. The molecule has 0 atom stereocenters. The molecule has 1 aromatic rings. The largest absolute Gasteiger partial charge is 0.384 e. The summed E-state index contributed by atoms with van der Waals surface area (Å²) in [6.45, 7) is 3.07. The number of halogens is 1. The molecule has 1 saturated carbocycles. The Morgan fingerprint density at radius 1 is 1.41 bits per heavy atom. The molecule has 1 aliphatic carbocycles. The first-order valence-corrected chi connectivity index (χ1v) is 6.12. The van der Waals surface area contributed by atoms with Crippen molar-refractivity contribution in [3.63, 3.8) is 0 Å². The van der Waals surface area contributed by atoms with Crippen molar-refractivity contribution >= 4 is 5.69 Å². The van der Waals surface area contributed by atoms with E-state index in [9.17, 15) is 4.39 Å². The molecule has 0 aliphatic heterocycles. The molecule has 1 aromatic carbocycles. The fraction of sp³-hybridized carbons (Fsp3) is 0.500. The quantitative estimate of drug-likeness (QED) is 0.859. The van der Waals surface area contributed by atoms with E-state index in [1.54, 1.807) is 6.07 Å². The second kappa shape index (κ2) is 4.75. The molecule has 0 saturated heterocycles. The zero-order valence-corrected chi connectivity index (χ0v) is 10.1. The number of benzene rings is 1. The Hall–Kier alpha value is -1.56. The Balaban J connectivity index is 2.04. The van der Waals surface area contributed by atoms with Crippen molar-refractivity contribution in [3.05, 3.63) is 29.6 Å². The van der Waals surface area contributed by atoms with Gasteiger partial charge in [0.25, 0.3) is 0 Å². The molecular weight excluding hydrogens is 215 g/mol. The second-order valence-corrected chi connectivity index (χ2v) is 4.90. The van der Waals surface area contributed by atoms with Crippen LogP contribution in [0.3, 0.4) is 0 Å². The first-order valence-electron chi connectivity index (χ1n) is 6.12. The first-order chi connectivity index (χ1) is 8.17. The van der Waals surface area contributed by atoms with Crippen LogP contribution in [0.5, 0.6) is 0 Å². The summed E-state index contributed by atoms with van der Waals surface area (Å²) < 4.78 is 13.2. The van der Waals surface area contributed by atoms with Crippen LogP contribution in [0.1, 0.15) is 38.2 Å². The molecule has 2 nitrogen and oxygen atoms in total. The average Bonchev–Trinajstić information content (AvgIpc) is 2.27. The van der Waals surface area contributed by atoms with Crippen LogP contribution in [-0.4, -0.2) is 6.54 Å². The molecule has 0 aromatic heterocycles. The van der Waals surface area contributed by atoms with E-state index in [4.69, 9.17) is 5.26 Å². The van der Waals surface area contributed by atoms with Gasteiger partial charge >= 0.3 is 0 Å². The maximum absolute atomic E-state index is 13.2. The number of nitrogens with zero attached hydrogens (tertiary/aromatic N) is 1. The minimum Gasteiger partial charge on any atom is -0.384 e. The van der Waals surface area contributed by atoms with Gasteiger partial charge in [-0.1, -0.05) is 13.3 Å². The number of nitrogens with one attached hydrogen (secondary N) is 1. The molecule has 0 spiro atoms. The third-order valence-electron chi connectivity index (χ3n) is 3.86. The van der Waals surface area contributed by atoms with Gasteiger partial charge in [-0.3, -0.25) is 0 Å². The van der Waals surface area contributed by atoms with Crippen LogP contribution < -0.4 is 5.32 Å². The summed E-state index contributed by atoms with van der Waals surface area (Å²) in [4.78, 5) is 0. The van der Waals surface area contributed by atoms with E-state index in [1.807, 2.05) is 6.07 Å². The zero-order valence-electron chi connectivity index (χ0n) is 10.1. The molecule has 90 valence electrons. The fourth-order valence-corrected chi connectivity index (χ4v) is 2.38. The Morgan fingerprint density at radius 3 is 2.71 bits per heavy atom. The molecule has 0 heterocycles. The maximum atomic E-state index is 13.2. The van der Waals surface area contributed by atoms with Crippen LogP contribution >= 0.6 is 0 Å². The number of nitriles is 1. The standard InChI is InChI=1S/C14H17FN2/c1-2-14(4-3-5-14)10-17-13-7-11(9-16)6-12(15)8-13/h6-8,17H,2-5,10H2,1H3. The minimum atomic E-state index is -0.356. The van der Waals surface area contributed by atoms with E-state index in [-0.39, 0.29) is 5.82 Å². The topological polar surface area (TPSA) is 35.8 Å². The molecule has 0 amide bonds. The predicted molar refractivity (Wildman–Crippen MR) is 66.2 cm³/mol. The van der Waals surface area contributed by atoms with Crippen molar-refractivity contribution in [1.82, 2.24) is 0 Å². The van der Waals surface area contributed by atoms with E-state index in [1.165, 1.54) is 31.4 Å². The lowest BCUT2D eigenvalue weighted by atomic mass is 9.67. The maximum Gasteiger partial charge on any atom is 0.126 e. The second-order valence-electron chi connectivity index (χ2n) is 4.90. The molecule has 1 aliphatic rings. The normalized spacial score (nSPS) is 17.0. The molecule has 3 heteroatoms. The highest BCUT2D eigenvalue weighted by molar-refractivity contribution is 5.49. The molecule has 0 bridgehead atoms. The number of anilines is 1. The van der Waals surface area contributed by atoms with Crippen LogP contribution in [0.15, 0.2) is 18.2 Å². The first kappa shape index (κ1) is 11.9. The minimum absolute atomic E-state index is 0.356. The molecule has 17 heavy (non-hydrogen) atoms. The molecular formula is C14H17FN2. The summed E-state index contributed by atoms with van der Waals surface area (Å²) in [5.74, 6) is -0.356. The smallest absolute Gasteiger partial charge is 0.126 e. The van der Waals surface area contributed by atoms with Crippen molar-refractivity contribution in [2.75, 3.05) is 11.9 Å². The van der Waals surface area contributed by atoms with E-state index in [0.717, 1.165) is 13.0 Å². The summed E-state index contributed by atoms with van der Waals surface area (Å²) in [7, 11) is 0. The van der Waals surface area contributed by atoms with Crippen molar-refractivity contribution < 1.29 is 4.39 Å². The van der Waals surface area contributed by atoms with Gasteiger partial charge in [-0.2, -0.15) is 5.26 Å². The van der Waals surface area contributed by atoms with Crippen molar-refractivity contribution in [1.29, 1.82) is 5.26 Å². The fourth-order valence-electron chi connectivity index (χ4n) is 2.38. The molecule has 0 unspecified atom stereocenters. The van der Waals surface area contributed by atoms with E-state index in [0.29, 0.717) is 16.7 Å². The highest BCUT2D eigenvalue weighted by atomic mass is 19.1.